The smallest absolute Gasteiger partial charge is 0.326 e. The summed E-state index contributed by atoms with van der Waals surface area (Å²) in [6.07, 6.45) is -0.614. The van der Waals surface area contributed by atoms with Gasteiger partial charge in [-0.25, -0.2) is 9.18 Å². The van der Waals surface area contributed by atoms with E-state index in [0.29, 0.717) is 0 Å². The molecular weight excluding hydrogens is 259 g/mol. The summed E-state index contributed by atoms with van der Waals surface area (Å²) in [5.41, 5.74) is 4.40. The van der Waals surface area contributed by atoms with Gasteiger partial charge >= 0.3 is 5.97 Å². The number of primary amides is 1. The van der Waals surface area contributed by atoms with Crippen LogP contribution in [0.3, 0.4) is 0 Å². The first-order chi connectivity index (χ1) is 8.81. The van der Waals surface area contributed by atoms with Crippen LogP contribution in [-0.4, -0.2) is 34.0 Å². The van der Waals surface area contributed by atoms with E-state index in [1.54, 1.807) is 0 Å². The topological polar surface area (TPSA) is 130 Å². The molecule has 0 aromatic heterocycles. The number of rotatable bonds is 5. The van der Waals surface area contributed by atoms with Crippen LogP contribution in [0.25, 0.3) is 0 Å². The third-order valence-corrected chi connectivity index (χ3v) is 2.21. The Morgan fingerprint density at radius 3 is 2.53 bits per heavy atom. The molecule has 0 spiro atoms. The van der Waals surface area contributed by atoms with Gasteiger partial charge in [-0.3, -0.25) is 9.59 Å². The molecule has 1 aromatic rings. The number of halogens is 1. The number of nitrogens with two attached hydrogens (primary N) is 1. The predicted octanol–water partition coefficient (Wildman–Crippen LogP) is -0.410. The average Bonchev–Trinajstić information content (AvgIpc) is 2.30. The van der Waals surface area contributed by atoms with Crippen molar-refractivity contribution < 1.29 is 29.0 Å². The molecule has 0 aliphatic rings. The van der Waals surface area contributed by atoms with E-state index in [4.69, 9.17) is 10.8 Å². The summed E-state index contributed by atoms with van der Waals surface area (Å²) in [5.74, 6) is -4.70. The maximum Gasteiger partial charge on any atom is 0.326 e. The summed E-state index contributed by atoms with van der Waals surface area (Å²) in [6.45, 7) is 0. The van der Waals surface area contributed by atoms with Gasteiger partial charge in [0.2, 0.25) is 5.91 Å². The maximum atomic E-state index is 12.9. The van der Waals surface area contributed by atoms with Gasteiger partial charge in [-0.05, 0) is 18.2 Å². The standard InChI is InChI=1S/C11H11FN2O5/c12-5-1-2-8(15)6(3-5)10(17)14-7(11(18)19)4-9(13)16/h1-3,7,15H,4H2,(H2,13,16)(H,14,17)(H,18,19)/t7-/m1/s1. The normalized spacial score (nSPS) is 11.6. The van der Waals surface area contributed by atoms with E-state index in [0.717, 1.165) is 18.2 Å². The Hall–Kier alpha value is -2.64. The Kier molecular flexibility index (Phi) is 4.41. The van der Waals surface area contributed by atoms with Crippen molar-refractivity contribution in [2.24, 2.45) is 5.73 Å². The number of aliphatic carboxylic acids is 1. The lowest BCUT2D eigenvalue weighted by molar-refractivity contribution is -0.140. The van der Waals surface area contributed by atoms with Crippen molar-refractivity contribution in [2.75, 3.05) is 0 Å². The lowest BCUT2D eigenvalue weighted by atomic mass is 10.1. The van der Waals surface area contributed by atoms with Crippen LogP contribution in [0, 0.1) is 5.82 Å². The number of phenolic OH excluding ortho intramolecular Hbond substituents is 1. The molecule has 1 aromatic carbocycles. The van der Waals surface area contributed by atoms with Crippen LogP contribution in [0.4, 0.5) is 4.39 Å². The van der Waals surface area contributed by atoms with E-state index < -0.39 is 47.4 Å². The molecule has 19 heavy (non-hydrogen) atoms. The third kappa shape index (κ3) is 3.95. The number of carboxylic acid groups (broad SMARTS) is 1. The summed E-state index contributed by atoms with van der Waals surface area (Å²) in [7, 11) is 0. The number of aromatic hydroxyl groups is 1. The fourth-order valence-corrected chi connectivity index (χ4v) is 1.33. The number of benzene rings is 1. The average molecular weight is 270 g/mol. The Balaban J connectivity index is 2.90. The molecule has 0 aliphatic heterocycles. The SMILES string of the molecule is NC(=O)C[C@@H](NC(=O)c1cc(F)ccc1O)C(=O)O. The monoisotopic (exact) mass is 270 g/mol. The molecular formula is C11H11FN2O5. The van der Waals surface area contributed by atoms with E-state index in [1.807, 2.05) is 5.32 Å². The number of amides is 2. The van der Waals surface area contributed by atoms with Crippen molar-refractivity contribution in [3.05, 3.63) is 29.6 Å². The minimum Gasteiger partial charge on any atom is -0.507 e. The highest BCUT2D eigenvalue weighted by molar-refractivity contribution is 5.99. The molecule has 0 radical (unpaired) electrons. The van der Waals surface area contributed by atoms with Crippen LogP contribution in [0.5, 0.6) is 5.75 Å². The molecule has 0 fully saturated rings. The summed E-state index contributed by atoms with van der Waals surface area (Å²) >= 11 is 0. The molecule has 0 heterocycles. The van der Waals surface area contributed by atoms with Crippen LogP contribution < -0.4 is 11.1 Å². The number of carbonyl (C=O) groups excluding carboxylic acids is 2. The highest BCUT2D eigenvalue weighted by Gasteiger charge is 2.24. The number of hydrogen-bond donors (Lipinski definition) is 4. The summed E-state index contributed by atoms with van der Waals surface area (Å²) in [4.78, 5) is 33.1. The molecule has 2 amide bonds. The first-order valence-electron chi connectivity index (χ1n) is 5.11. The van der Waals surface area contributed by atoms with Crippen molar-refractivity contribution in [1.29, 1.82) is 0 Å². The Morgan fingerprint density at radius 2 is 2.00 bits per heavy atom. The highest BCUT2D eigenvalue weighted by atomic mass is 19.1. The molecule has 0 unspecified atom stereocenters. The number of hydrogen-bond acceptors (Lipinski definition) is 4. The summed E-state index contributed by atoms with van der Waals surface area (Å²) in [5, 5.41) is 20.1. The van der Waals surface area contributed by atoms with Gasteiger partial charge in [0.05, 0.1) is 12.0 Å². The van der Waals surface area contributed by atoms with Crippen LogP contribution in [-0.2, 0) is 9.59 Å². The van der Waals surface area contributed by atoms with E-state index in [9.17, 15) is 23.9 Å². The third-order valence-electron chi connectivity index (χ3n) is 2.21. The van der Waals surface area contributed by atoms with E-state index in [1.165, 1.54) is 0 Å². The fraction of sp³-hybridized carbons (Fsp3) is 0.182. The van der Waals surface area contributed by atoms with Crippen molar-refractivity contribution in [2.45, 2.75) is 12.5 Å². The lowest BCUT2D eigenvalue weighted by Crippen LogP contribution is -2.43. The van der Waals surface area contributed by atoms with Crippen molar-refractivity contribution in [3.63, 3.8) is 0 Å². The molecule has 5 N–H and O–H groups in total. The van der Waals surface area contributed by atoms with Gasteiger partial charge in [0, 0.05) is 0 Å². The first kappa shape index (κ1) is 14.4. The molecule has 0 saturated heterocycles. The van der Waals surface area contributed by atoms with Gasteiger partial charge in [0.25, 0.3) is 5.91 Å². The zero-order valence-electron chi connectivity index (χ0n) is 9.59. The molecule has 0 bridgehead atoms. The zero-order chi connectivity index (χ0) is 14.6. The van der Waals surface area contributed by atoms with Gasteiger partial charge < -0.3 is 21.3 Å². The first-order valence-corrected chi connectivity index (χ1v) is 5.11. The highest BCUT2D eigenvalue weighted by Crippen LogP contribution is 2.17. The minimum atomic E-state index is -1.55. The van der Waals surface area contributed by atoms with Crippen molar-refractivity contribution >= 4 is 17.8 Å². The second kappa shape index (κ2) is 5.80. The summed E-state index contributed by atoms with van der Waals surface area (Å²) in [6, 6.07) is 1.08. The molecule has 1 rings (SSSR count). The van der Waals surface area contributed by atoms with Crippen LogP contribution in [0.15, 0.2) is 18.2 Å². The lowest BCUT2D eigenvalue weighted by Gasteiger charge is -2.13. The van der Waals surface area contributed by atoms with Crippen LogP contribution in [0.1, 0.15) is 16.8 Å². The Bertz CT molecular complexity index is 532. The van der Waals surface area contributed by atoms with E-state index >= 15 is 0 Å². The second-order valence-corrected chi connectivity index (χ2v) is 3.70. The van der Waals surface area contributed by atoms with Gasteiger partial charge in [0.1, 0.15) is 17.6 Å². The van der Waals surface area contributed by atoms with Gasteiger partial charge in [-0.1, -0.05) is 0 Å². The zero-order valence-corrected chi connectivity index (χ0v) is 9.59. The number of carboxylic acids is 1. The minimum absolute atomic E-state index is 0.435. The maximum absolute atomic E-state index is 12.9. The molecule has 7 nitrogen and oxygen atoms in total. The predicted molar refractivity (Wildman–Crippen MR) is 60.8 cm³/mol. The quantitative estimate of drug-likeness (QED) is 0.578. The van der Waals surface area contributed by atoms with E-state index in [2.05, 4.69) is 0 Å². The van der Waals surface area contributed by atoms with Crippen molar-refractivity contribution in [1.82, 2.24) is 5.32 Å². The largest absolute Gasteiger partial charge is 0.507 e. The van der Waals surface area contributed by atoms with Crippen LogP contribution in [0.2, 0.25) is 0 Å². The number of carbonyl (C=O) groups is 3. The van der Waals surface area contributed by atoms with Crippen molar-refractivity contribution in [3.8, 4) is 5.75 Å². The second-order valence-electron chi connectivity index (χ2n) is 3.70. The number of phenols is 1. The molecule has 1 atom stereocenters. The van der Waals surface area contributed by atoms with Crippen LogP contribution >= 0.6 is 0 Å². The van der Waals surface area contributed by atoms with Gasteiger partial charge in [0.15, 0.2) is 0 Å². The number of nitrogens with one attached hydrogen (secondary N) is 1. The molecule has 0 aliphatic carbocycles. The van der Waals surface area contributed by atoms with Gasteiger partial charge in [-0.15, -0.1) is 0 Å². The molecule has 0 saturated carbocycles. The summed E-state index contributed by atoms with van der Waals surface area (Å²) < 4.78 is 12.9. The molecule has 102 valence electrons. The van der Waals surface area contributed by atoms with E-state index in [-0.39, 0.29) is 0 Å². The van der Waals surface area contributed by atoms with Gasteiger partial charge in [-0.2, -0.15) is 0 Å². The molecule has 8 heteroatoms. The Labute approximate surface area is 106 Å². The Morgan fingerprint density at radius 1 is 1.37 bits per heavy atom. The fourth-order valence-electron chi connectivity index (χ4n) is 1.33.